The van der Waals surface area contributed by atoms with E-state index in [0.717, 1.165) is 0 Å². The minimum absolute atomic E-state index is 1.22. The Bertz CT molecular complexity index is 3480. The molecule has 0 saturated carbocycles. The van der Waals surface area contributed by atoms with Gasteiger partial charge in [-0.15, -0.1) is 11.3 Å². The molecule has 1 heteroatoms. The molecule has 57 heavy (non-hydrogen) atoms. The summed E-state index contributed by atoms with van der Waals surface area (Å²) < 4.78 is 2.66. The maximum absolute atomic E-state index is 2.46. The number of hydrogen-bond donors (Lipinski definition) is 0. The van der Waals surface area contributed by atoms with E-state index in [4.69, 9.17) is 0 Å². The van der Waals surface area contributed by atoms with E-state index in [-0.39, 0.29) is 0 Å². The predicted octanol–water partition coefficient (Wildman–Crippen LogP) is 16.4. The Balaban J connectivity index is 1.16. The Morgan fingerprint density at radius 3 is 1.40 bits per heavy atom. The summed E-state index contributed by atoms with van der Waals surface area (Å²) in [5.41, 5.74) is 12.5. The molecule has 0 N–H and O–H groups in total. The molecule has 12 aromatic rings. The zero-order valence-electron chi connectivity index (χ0n) is 31.0. The Morgan fingerprint density at radius 2 is 0.737 bits per heavy atom. The van der Waals surface area contributed by atoms with E-state index in [1.54, 1.807) is 0 Å². The van der Waals surface area contributed by atoms with Crippen molar-refractivity contribution in [3.63, 3.8) is 0 Å². The molecule has 0 aliphatic carbocycles. The largest absolute Gasteiger partial charge is 0.135 e. The monoisotopic (exact) mass is 738 g/mol. The van der Waals surface area contributed by atoms with Crippen LogP contribution < -0.4 is 0 Å². The number of fused-ring (bicyclic) bond motifs is 4. The van der Waals surface area contributed by atoms with Gasteiger partial charge in [0.15, 0.2) is 0 Å². The lowest BCUT2D eigenvalue weighted by atomic mass is 9.82. The Kier molecular flexibility index (Phi) is 7.20. The van der Waals surface area contributed by atoms with Crippen LogP contribution >= 0.6 is 11.3 Å². The van der Waals surface area contributed by atoms with Gasteiger partial charge in [-0.25, -0.2) is 0 Å². The molecule has 0 aliphatic heterocycles. The summed E-state index contributed by atoms with van der Waals surface area (Å²) in [5, 5.41) is 12.9. The number of benzene rings is 11. The summed E-state index contributed by atoms with van der Waals surface area (Å²) in [7, 11) is 0. The number of hydrogen-bond acceptors (Lipinski definition) is 1. The van der Waals surface area contributed by atoms with Gasteiger partial charge in [-0.1, -0.05) is 182 Å². The summed E-state index contributed by atoms with van der Waals surface area (Å²) >= 11 is 1.90. The molecule has 11 aromatic carbocycles. The van der Waals surface area contributed by atoms with Crippen LogP contribution in [0.3, 0.4) is 0 Å². The smallest absolute Gasteiger partial charge is 0.0434 e. The molecule has 0 nitrogen and oxygen atoms in total. The van der Waals surface area contributed by atoms with Crippen LogP contribution in [0.5, 0.6) is 0 Å². The van der Waals surface area contributed by atoms with Crippen molar-refractivity contribution in [2.75, 3.05) is 0 Å². The lowest BCUT2D eigenvalue weighted by Crippen LogP contribution is -1.94. The first-order chi connectivity index (χ1) is 28.3. The van der Waals surface area contributed by atoms with Gasteiger partial charge in [-0.3, -0.25) is 0 Å². The second-order valence-corrected chi connectivity index (χ2v) is 16.2. The number of rotatable bonds is 5. The summed E-state index contributed by atoms with van der Waals surface area (Å²) in [6, 6.07) is 76.5. The molecule has 0 radical (unpaired) electrons. The Morgan fingerprint density at radius 1 is 0.246 bits per heavy atom. The van der Waals surface area contributed by atoms with Gasteiger partial charge in [0.1, 0.15) is 0 Å². The summed E-state index contributed by atoms with van der Waals surface area (Å²) in [6.45, 7) is 0. The van der Waals surface area contributed by atoms with Crippen LogP contribution in [-0.2, 0) is 0 Å². The molecule has 0 unspecified atom stereocenters. The molecule has 0 saturated heterocycles. The minimum atomic E-state index is 1.22. The Labute approximate surface area is 334 Å². The topological polar surface area (TPSA) is 0 Å². The van der Waals surface area contributed by atoms with Gasteiger partial charge in [-0.2, -0.15) is 0 Å². The fourth-order valence-corrected chi connectivity index (χ4v) is 10.6. The van der Waals surface area contributed by atoms with E-state index in [1.165, 1.54) is 119 Å². The lowest BCUT2D eigenvalue weighted by Gasteiger charge is -2.22. The minimum Gasteiger partial charge on any atom is -0.135 e. The molecular weight excluding hydrogens is 705 g/mol. The molecular formula is C56H34S. The van der Waals surface area contributed by atoms with E-state index in [0.29, 0.717) is 0 Å². The molecule has 12 rings (SSSR count). The van der Waals surface area contributed by atoms with Crippen molar-refractivity contribution in [3.8, 4) is 55.6 Å². The highest BCUT2D eigenvalue weighted by molar-refractivity contribution is 7.26. The van der Waals surface area contributed by atoms with Crippen LogP contribution in [0, 0.1) is 0 Å². The highest BCUT2D eigenvalue weighted by Gasteiger charge is 2.22. The van der Waals surface area contributed by atoms with E-state index in [1.807, 2.05) is 11.3 Å². The highest BCUT2D eigenvalue weighted by Crippen LogP contribution is 2.50. The molecule has 1 aromatic heterocycles. The van der Waals surface area contributed by atoms with Gasteiger partial charge in [-0.05, 0) is 117 Å². The van der Waals surface area contributed by atoms with Crippen LogP contribution in [-0.4, -0.2) is 0 Å². The lowest BCUT2D eigenvalue weighted by molar-refractivity contribution is 1.61. The zero-order chi connectivity index (χ0) is 37.5. The quantitative estimate of drug-likeness (QED) is 0.154. The first-order valence-electron chi connectivity index (χ1n) is 19.7. The van der Waals surface area contributed by atoms with E-state index < -0.39 is 0 Å². The van der Waals surface area contributed by atoms with Gasteiger partial charge >= 0.3 is 0 Å². The summed E-state index contributed by atoms with van der Waals surface area (Å²) in [4.78, 5) is 0. The first-order valence-corrected chi connectivity index (χ1v) is 20.5. The van der Waals surface area contributed by atoms with Crippen LogP contribution in [0.15, 0.2) is 206 Å². The maximum atomic E-state index is 2.46. The predicted molar refractivity (Wildman–Crippen MR) is 248 cm³/mol. The molecule has 0 spiro atoms. The Hall–Kier alpha value is -7.06. The molecule has 0 aliphatic rings. The molecule has 0 bridgehead atoms. The van der Waals surface area contributed by atoms with Gasteiger partial charge < -0.3 is 0 Å². The normalized spacial score (nSPS) is 11.9. The molecule has 0 fully saturated rings. The number of thiophene rings is 1. The molecule has 1 heterocycles. The average Bonchev–Trinajstić information content (AvgIpc) is 3.67. The van der Waals surface area contributed by atoms with Crippen molar-refractivity contribution in [3.05, 3.63) is 206 Å². The summed E-state index contributed by atoms with van der Waals surface area (Å²) in [6.07, 6.45) is 0. The third kappa shape index (κ3) is 5.06. The summed E-state index contributed by atoms with van der Waals surface area (Å²) in [5.74, 6) is 0. The van der Waals surface area contributed by atoms with E-state index in [9.17, 15) is 0 Å². The second-order valence-electron chi connectivity index (χ2n) is 15.2. The van der Waals surface area contributed by atoms with E-state index >= 15 is 0 Å². The van der Waals surface area contributed by atoms with Gasteiger partial charge in [0, 0.05) is 25.7 Å². The first kappa shape index (κ1) is 32.2. The van der Waals surface area contributed by atoms with Crippen molar-refractivity contribution in [2.45, 2.75) is 0 Å². The van der Waals surface area contributed by atoms with E-state index in [2.05, 4.69) is 206 Å². The van der Waals surface area contributed by atoms with Crippen LogP contribution in [0.25, 0.3) is 119 Å². The van der Waals surface area contributed by atoms with Crippen LogP contribution in [0.2, 0.25) is 0 Å². The van der Waals surface area contributed by atoms with Crippen LogP contribution in [0.4, 0.5) is 0 Å². The standard InChI is InChI=1S/C56H34S/c1-3-13-37(14-4-1)49-33-50(39-25-22-36(23-26-39)41-27-24-35-12-7-8-17-40(35)32-41)44-28-29-45-51(38-15-5-2-6-16-38)34-52(46-31-30-43(49)54(44)55(45)46)48-20-11-19-47-42-18-9-10-21-53(42)57-56(47)48/h1-34H. The molecule has 264 valence electrons. The second kappa shape index (κ2) is 12.7. The zero-order valence-corrected chi connectivity index (χ0v) is 31.9. The average molecular weight is 739 g/mol. The van der Waals surface area contributed by atoms with Crippen molar-refractivity contribution in [1.29, 1.82) is 0 Å². The van der Waals surface area contributed by atoms with Crippen molar-refractivity contribution in [2.24, 2.45) is 0 Å². The SMILES string of the molecule is c1ccc(-c2cc(-c3ccc(-c4ccc5ccccc5c4)cc3)c3ccc4c(-c5ccccc5)cc(-c5cccc6c5sc5ccccc56)c5ccc2c3c45)cc1. The maximum Gasteiger partial charge on any atom is 0.0434 e. The third-order valence-corrected chi connectivity index (χ3v) is 13.3. The van der Waals surface area contributed by atoms with Gasteiger partial charge in [0.25, 0.3) is 0 Å². The van der Waals surface area contributed by atoms with Crippen molar-refractivity contribution in [1.82, 2.24) is 0 Å². The fraction of sp³-hybridized carbons (Fsp3) is 0. The highest BCUT2D eigenvalue weighted by atomic mass is 32.1. The molecule has 0 atom stereocenters. The van der Waals surface area contributed by atoms with Gasteiger partial charge in [0.2, 0.25) is 0 Å². The van der Waals surface area contributed by atoms with Crippen LogP contribution in [0.1, 0.15) is 0 Å². The fourth-order valence-electron chi connectivity index (χ4n) is 9.34. The third-order valence-electron chi connectivity index (χ3n) is 12.0. The van der Waals surface area contributed by atoms with Gasteiger partial charge in [0.05, 0.1) is 0 Å². The van der Waals surface area contributed by atoms with Crippen molar-refractivity contribution >= 4 is 74.6 Å². The van der Waals surface area contributed by atoms with Crippen molar-refractivity contribution < 1.29 is 0 Å². The molecule has 0 amide bonds.